The van der Waals surface area contributed by atoms with E-state index < -0.39 is 0 Å². The zero-order valence-electron chi connectivity index (χ0n) is 13.0. The predicted octanol–water partition coefficient (Wildman–Crippen LogP) is 3.25. The highest BCUT2D eigenvalue weighted by Gasteiger charge is 2.06. The lowest BCUT2D eigenvalue weighted by Gasteiger charge is -2.02. The lowest BCUT2D eigenvalue weighted by Crippen LogP contribution is -2.17. The summed E-state index contributed by atoms with van der Waals surface area (Å²) in [5, 5.41) is 5.14. The minimum absolute atomic E-state index is 0.263. The van der Waals surface area contributed by atoms with Gasteiger partial charge in [-0.25, -0.2) is 5.43 Å². The summed E-state index contributed by atoms with van der Waals surface area (Å²) in [6, 6.07) is 14.8. The number of carbonyl (C=O) groups excluding carboxylic acids is 1. The van der Waals surface area contributed by atoms with E-state index in [9.17, 15) is 4.79 Å². The molecule has 0 spiro atoms. The van der Waals surface area contributed by atoms with Gasteiger partial charge in [0.15, 0.2) is 0 Å². The third-order valence-corrected chi connectivity index (χ3v) is 3.66. The highest BCUT2D eigenvalue weighted by atomic mass is 16.5. The van der Waals surface area contributed by atoms with Crippen molar-refractivity contribution in [1.29, 1.82) is 0 Å². The van der Waals surface area contributed by atoms with Gasteiger partial charge in [0.25, 0.3) is 5.91 Å². The summed E-state index contributed by atoms with van der Waals surface area (Å²) in [6.07, 6.45) is 1.66. The summed E-state index contributed by atoms with van der Waals surface area (Å²) >= 11 is 0. The highest BCUT2D eigenvalue weighted by molar-refractivity contribution is 6.01. The maximum absolute atomic E-state index is 12.0. The maximum atomic E-state index is 12.0. The van der Waals surface area contributed by atoms with Crippen LogP contribution in [-0.4, -0.2) is 24.2 Å². The maximum Gasteiger partial charge on any atom is 0.271 e. The molecule has 0 aliphatic heterocycles. The quantitative estimate of drug-likeness (QED) is 0.574. The number of para-hydroxylation sites is 1. The summed E-state index contributed by atoms with van der Waals surface area (Å²) < 4.78 is 5.07. The Morgan fingerprint density at radius 3 is 2.65 bits per heavy atom. The average molecular weight is 307 g/mol. The van der Waals surface area contributed by atoms with Gasteiger partial charge >= 0.3 is 0 Å². The van der Waals surface area contributed by atoms with Gasteiger partial charge in [-0.2, -0.15) is 5.10 Å². The number of nitrogens with zero attached hydrogens (tertiary/aromatic N) is 1. The molecule has 0 saturated carbocycles. The van der Waals surface area contributed by atoms with E-state index in [1.54, 1.807) is 37.6 Å². The zero-order chi connectivity index (χ0) is 16.2. The zero-order valence-corrected chi connectivity index (χ0v) is 13.0. The summed E-state index contributed by atoms with van der Waals surface area (Å²) in [4.78, 5) is 15.3. The van der Waals surface area contributed by atoms with E-state index in [-0.39, 0.29) is 5.91 Å². The fraction of sp³-hybridized carbons (Fsp3) is 0.111. The number of benzene rings is 2. The van der Waals surface area contributed by atoms with E-state index in [4.69, 9.17) is 4.74 Å². The van der Waals surface area contributed by atoms with Crippen LogP contribution in [0.1, 0.15) is 21.6 Å². The molecular weight excluding hydrogens is 290 g/mol. The van der Waals surface area contributed by atoms with Crippen molar-refractivity contribution in [2.45, 2.75) is 6.92 Å². The first-order valence-electron chi connectivity index (χ1n) is 7.24. The van der Waals surface area contributed by atoms with Gasteiger partial charge in [0.1, 0.15) is 5.75 Å². The highest BCUT2D eigenvalue weighted by Crippen LogP contribution is 2.19. The first-order chi connectivity index (χ1) is 11.2. The summed E-state index contributed by atoms with van der Waals surface area (Å²) in [5.41, 5.74) is 6.09. The van der Waals surface area contributed by atoms with Crippen LogP contribution in [0, 0.1) is 6.92 Å². The number of methoxy groups -OCH3 is 1. The molecule has 5 heteroatoms. The molecule has 0 unspecified atom stereocenters. The van der Waals surface area contributed by atoms with E-state index >= 15 is 0 Å². The van der Waals surface area contributed by atoms with Crippen LogP contribution in [0.25, 0.3) is 10.9 Å². The SMILES string of the molecule is COc1ccc(C(=O)N/N=C/c2c(C)[nH]c3ccccc23)cc1. The summed E-state index contributed by atoms with van der Waals surface area (Å²) in [5.74, 6) is 0.445. The van der Waals surface area contributed by atoms with Crippen LogP contribution in [0.5, 0.6) is 5.75 Å². The number of hydrazone groups is 1. The van der Waals surface area contributed by atoms with E-state index in [1.807, 2.05) is 31.2 Å². The number of ether oxygens (including phenoxy) is 1. The van der Waals surface area contributed by atoms with Crippen molar-refractivity contribution in [2.75, 3.05) is 7.11 Å². The lowest BCUT2D eigenvalue weighted by molar-refractivity contribution is 0.0955. The molecule has 116 valence electrons. The Bertz CT molecular complexity index is 864. The Morgan fingerprint density at radius 1 is 1.17 bits per heavy atom. The van der Waals surface area contributed by atoms with Gasteiger partial charge in [-0.15, -0.1) is 0 Å². The van der Waals surface area contributed by atoms with Gasteiger partial charge in [0, 0.05) is 27.7 Å². The van der Waals surface area contributed by atoms with E-state index in [2.05, 4.69) is 15.5 Å². The van der Waals surface area contributed by atoms with Crippen molar-refractivity contribution in [3.05, 3.63) is 65.4 Å². The van der Waals surface area contributed by atoms with Gasteiger partial charge in [-0.05, 0) is 37.3 Å². The van der Waals surface area contributed by atoms with Gasteiger partial charge in [-0.3, -0.25) is 4.79 Å². The van der Waals surface area contributed by atoms with Crippen LogP contribution >= 0.6 is 0 Å². The van der Waals surface area contributed by atoms with Gasteiger partial charge < -0.3 is 9.72 Å². The molecule has 3 aromatic rings. The molecule has 1 heterocycles. The molecule has 5 nitrogen and oxygen atoms in total. The fourth-order valence-electron chi connectivity index (χ4n) is 2.43. The molecule has 1 aromatic heterocycles. The predicted molar refractivity (Wildman–Crippen MR) is 91.1 cm³/mol. The second-order valence-corrected chi connectivity index (χ2v) is 5.14. The van der Waals surface area contributed by atoms with E-state index in [0.717, 1.165) is 22.2 Å². The third kappa shape index (κ3) is 3.08. The molecule has 0 fully saturated rings. The van der Waals surface area contributed by atoms with Crippen LogP contribution in [0.2, 0.25) is 0 Å². The first kappa shape index (κ1) is 14.8. The molecule has 0 saturated heterocycles. The molecule has 0 bridgehead atoms. The topological polar surface area (TPSA) is 66.5 Å². The number of nitrogens with one attached hydrogen (secondary N) is 2. The summed E-state index contributed by atoms with van der Waals surface area (Å²) in [6.45, 7) is 1.98. The number of hydrogen-bond acceptors (Lipinski definition) is 3. The van der Waals surface area contributed by atoms with Crippen molar-refractivity contribution < 1.29 is 9.53 Å². The van der Waals surface area contributed by atoms with Gasteiger partial charge in [-0.1, -0.05) is 18.2 Å². The van der Waals surface area contributed by atoms with Crippen LogP contribution in [0.3, 0.4) is 0 Å². The van der Waals surface area contributed by atoms with Crippen LogP contribution in [0.15, 0.2) is 53.6 Å². The van der Waals surface area contributed by atoms with Crippen molar-refractivity contribution >= 4 is 23.0 Å². The molecule has 2 N–H and O–H groups in total. The number of amides is 1. The molecule has 0 aliphatic rings. The molecule has 3 rings (SSSR count). The van der Waals surface area contributed by atoms with Crippen LogP contribution in [0.4, 0.5) is 0 Å². The monoisotopic (exact) mass is 307 g/mol. The normalized spacial score (nSPS) is 11.0. The Kier molecular flexibility index (Phi) is 4.10. The third-order valence-electron chi connectivity index (χ3n) is 3.66. The van der Waals surface area contributed by atoms with Crippen molar-refractivity contribution in [2.24, 2.45) is 5.10 Å². The van der Waals surface area contributed by atoms with E-state index in [1.165, 1.54) is 0 Å². The lowest BCUT2D eigenvalue weighted by atomic mass is 10.1. The number of aryl methyl sites for hydroxylation is 1. The van der Waals surface area contributed by atoms with Crippen molar-refractivity contribution in [1.82, 2.24) is 10.4 Å². The molecule has 1 amide bonds. The Morgan fingerprint density at radius 2 is 1.91 bits per heavy atom. The second kappa shape index (κ2) is 6.36. The number of hydrogen-bond donors (Lipinski definition) is 2. The standard InChI is InChI=1S/C18H17N3O2/c1-12-16(15-5-3-4-6-17(15)20-12)11-19-21-18(22)13-7-9-14(23-2)10-8-13/h3-11,20H,1-2H3,(H,21,22)/b19-11+. The number of carbonyl (C=O) groups is 1. The molecule has 23 heavy (non-hydrogen) atoms. The second-order valence-electron chi connectivity index (χ2n) is 5.14. The Hall–Kier alpha value is -3.08. The minimum atomic E-state index is -0.263. The number of fused-ring (bicyclic) bond motifs is 1. The Labute approximate surface area is 134 Å². The minimum Gasteiger partial charge on any atom is -0.497 e. The molecule has 2 aromatic carbocycles. The van der Waals surface area contributed by atoms with Crippen LogP contribution < -0.4 is 10.2 Å². The molecule has 0 radical (unpaired) electrons. The first-order valence-corrected chi connectivity index (χ1v) is 7.24. The van der Waals surface area contributed by atoms with Crippen LogP contribution in [-0.2, 0) is 0 Å². The number of rotatable bonds is 4. The van der Waals surface area contributed by atoms with Crippen molar-refractivity contribution in [3.63, 3.8) is 0 Å². The smallest absolute Gasteiger partial charge is 0.271 e. The van der Waals surface area contributed by atoms with E-state index in [0.29, 0.717) is 11.3 Å². The Balaban J connectivity index is 1.74. The average Bonchev–Trinajstić information content (AvgIpc) is 2.90. The fourth-order valence-corrected chi connectivity index (χ4v) is 2.43. The number of aromatic nitrogens is 1. The molecule has 0 aliphatic carbocycles. The van der Waals surface area contributed by atoms with Crippen molar-refractivity contribution in [3.8, 4) is 5.75 Å². The largest absolute Gasteiger partial charge is 0.497 e. The van der Waals surface area contributed by atoms with Gasteiger partial charge in [0.2, 0.25) is 0 Å². The van der Waals surface area contributed by atoms with Gasteiger partial charge in [0.05, 0.1) is 13.3 Å². The summed E-state index contributed by atoms with van der Waals surface area (Å²) in [7, 11) is 1.59. The number of aromatic amines is 1. The molecular formula is C18H17N3O2. The number of H-pyrrole nitrogens is 1. The molecule has 0 atom stereocenters.